The van der Waals surface area contributed by atoms with Gasteiger partial charge < -0.3 is 9.64 Å². The number of nitrogens with zero attached hydrogens (tertiary/aromatic N) is 1. The van der Waals surface area contributed by atoms with Crippen LogP contribution < -0.4 is 4.74 Å². The van der Waals surface area contributed by atoms with Gasteiger partial charge in [0.2, 0.25) is 0 Å². The van der Waals surface area contributed by atoms with Crippen LogP contribution in [0.3, 0.4) is 0 Å². The van der Waals surface area contributed by atoms with Gasteiger partial charge in [0.25, 0.3) is 0 Å². The number of hydrogen-bond acceptors (Lipinski definition) is 2. The molecule has 0 N–H and O–H groups in total. The lowest BCUT2D eigenvalue weighted by Crippen LogP contribution is -2.17. The number of hydrogen-bond donors (Lipinski definition) is 0. The molecule has 0 bridgehead atoms. The first-order valence-electron chi connectivity index (χ1n) is 4.79. The summed E-state index contributed by atoms with van der Waals surface area (Å²) >= 11 is 0. The fourth-order valence-electron chi connectivity index (χ4n) is 1.25. The normalized spacial score (nSPS) is 10.8. The van der Waals surface area contributed by atoms with Crippen molar-refractivity contribution in [1.82, 2.24) is 4.90 Å². The smallest absolute Gasteiger partial charge is 0.165 e. The van der Waals surface area contributed by atoms with E-state index in [1.165, 1.54) is 13.2 Å². The van der Waals surface area contributed by atoms with Gasteiger partial charge in [-0.2, -0.15) is 0 Å². The van der Waals surface area contributed by atoms with E-state index >= 15 is 0 Å². The third-order valence-corrected chi connectivity index (χ3v) is 2.30. The molecular formula is C11H15F2NO. The van der Waals surface area contributed by atoms with Crippen molar-refractivity contribution in [2.24, 2.45) is 0 Å². The molecule has 15 heavy (non-hydrogen) atoms. The van der Waals surface area contributed by atoms with Crippen LogP contribution in [0.5, 0.6) is 5.75 Å². The van der Waals surface area contributed by atoms with Crippen LogP contribution in [0.2, 0.25) is 0 Å². The van der Waals surface area contributed by atoms with Gasteiger partial charge in [-0.25, -0.2) is 8.78 Å². The lowest BCUT2D eigenvalue weighted by molar-refractivity contribution is 0.335. The van der Waals surface area contributed by atoms with Gasteiger partial charge in [-0.15, -0.1) is 0 Å². The molecule has 0 spiro atoms. The van der Waals surface area contributed by atoms with E-state index in [-0.39, 0.29) is 5.75 Å². The molecule has 0 aromatic heterocycles. The van der Waals surface area contributed by atoms with Crippen molar-refractivity contribution in [2.45, 2.75) is 13.5 Å². The summed E-state index contributed by atoms with van der Waals surface area (Å²) in [7, 11) is 3.16. The quantitative estimate of drug-likeness (QED) is 0.764. The van der Waals surface area contributed by atoms with Crippen molar-refractivity contribution in [3.8, 4) is 5.75 Å². The summed E-state index contributed by atoms with van der Waals surface area (Å²) < 4.78 is 31.4. The second-order valence-corrected chi connectivity index (χ2v) is 3.41. The van der Waals surface area contributed by atoms with Gasteiger partial charge in [0.1, 0.15) is 5.82 Å². The Kier molecular flexibility index (Phi) is 4.03. The van der Waals surface area contributed by atoms with E-state index < -0.39 is 11.6 Å². The van der Waals surface area contributed by atoms with Gasteiger partial charge in [0, 0.05) is 18.2 Å². The van der Waals surface area contributed by atoms with E-state index in [1.807, 2.05) is 18.9 Å². The van der Waals surface area contributed by atoms with Crippen LogP contribution in [-0.2, 0) is 6.54 Å². The first-order chi connectivity index (χ1) is 7.08. The van der Waals surface area contributed by atoms with Crippen LogP contribution in [0.1, 0.15) is 12.5 Å². The van der Waals surface area contributed by atoms with Crippen LogP contribution in [0.25, 0.3) is 0 Å². The third kappa shape index (κ3) is 2.89. The molecule has 1 aromatic carbocycles. The van der Waals surface area contributed by atoms with Crippen molar-refractivity contribution in [3.63, 3.8) is 0 Å². The molecule has 0 amide bonds. The second kappa shape index (κ2) is 5.07. The molecule has 0 saturated carbocycles. The van der Waals surface area contributed by atoms with Gasteiger partial charge >= 0.3 is 0 Å². The van der Waals surface area contributed by atoms with E-state index in [0.717, 1.165) is 12.6 Å². The number of ether oxygens (including phenoxy) is 1. The molecule has 0 aliphatic heterocycles. The van der Waals surface area contributed by atoms with Crippen LogP contribution >= 0.6 is 0 Å². The van der Waals surface area contributed by atoms with Crippen molar-refractivity contribution >= 4 is 0 Å². The zero-order valence-electron chi connectivity index (χ0n) is 9.18. The van der Waals surface area contributed by atoms with Crippen molar-refractivity contribution in [3.05, 3.63) is 29.3 Å². The number of halogens is 2. The van der Waals surface area contributed by atoms with E-state index in [4.69, 9.17) is 0 Å². The lowest BCUT2D eigenvalue weighted by atomic mass is 10.2. The molecule has 0 aliphatic rings. The Balaban J connectivity index is 2.95. The molecule has 0 saturated heterocycles. The molecule has 0 fully saturated rings. The number of rotatable bonds is 4. The zero-order valence-corrected chi connectivity index (χ0v) is 9.18. The molecular weight excluding hydrogens is 200 g/mol. The molecule has 2 nitrogen and oxygen atoms in total. The first kappa shape index (κ1) is 11.9. The molecule has 84 valence electrons. The Labute approximate surface area is 88.5 Å². The summed E-state index contributed by atoms with van der Waals surface area (Å²) in [4.78, 5) is 1.89. The Hall–Kier alpha value is -1.16. The minimum absolute atomic E-state index is 0.0598. The Bertz CT molecular complexity index is 342. The minimum Gasteiger partial charge on any atom is -0.494 e. The lowest BCUT2D eigenvalue weighted by Gasteiger charge is -2.15. The van der Waals surface area contributed by atoms with Crippen LogP contribution in [0.4, 0.5) is 8.78 Å². The number of methoxy groups -OCH3 is 1. The fraction of sp³-hybridized carbons (Fsp3) is 0.455. The summed E-state index contributed by atoms with van der Waals surface area (Å²) in [6.45, 7) is 3.13. The van der Waals surface area contributed by atoms with Crippen molar-refractivity contribution in [2.75, 3.05) is 20.7 Å². The Morgan fingerprint density at radius 2 is 1.93 bits per heavy atom. The summed E-state index contributed by atoms with van der Waals surface area (Å²) in [5, 5.41) is 0. The van der Waals surface area contributed by atoms with Crippen LogP contribution in [0, 0.1) is 11.6 Å². The van der Waals surface area contributed by atoms with Crippen LogP contribution in [-0.4, -0.2) is 25.6 Å². The van der Waals surface area contributed by atoms with Gasteiger partial charge in [0.15, 0.2) is 11.6 Å². The largest absolute Gasteiger partial charge is 0.494 e. The number of benzene rings is 1. The maximum Gasteiger partial charge on any atom is 0.165 e. The van der Waals surface area contributed by atoms with Crippen LogP contribution in [0.15, 0.2) is 12.1 Å². The molecule has 0 unspecified atom stereocenters. The average molecular weight is 215 g/mol. The predicted octanol–water partition coefficient (Wildman–Crippen LogP) is 2.43. The summed E-state index contributed by atoms with van der Waals surface area (Å²) in [5.74, 6) is -1.03. The average Bonchev–Trinajstić information content (AvgIpc) is 2.22. The molecule has 4 heteroatoms. The molecule has 0 radical (unpaired) electrons. The Morgan fingerprint density at radius 1 is 1.27 bits per heavy atom. The third-order valence-electron chi connectivity index (χ3n) is 2.30. The highest BCUT2D eigenvalue weighted by Crippen LogP contribution is 2.21. The Morgan fingerprint density at radius 3 is 2.47 bits per heavy atom. The summed E-state index contributed by atoms with van der Waals surface area (Å²) in [6, 6.07) is 2.26. The highest BCUT2D eigenvalue weighted by atomic mass is 19.1. The predicted molar refractivity (Wildman–Crippen MR) is 54.9 cm³/mol. The molecule has 0 atom stereocenters. The molecule has 1 aromatic rings. The van der Waals surface area contributed by atoms with Gasteiger partial charge in [-0.05, 0) is 19.7 Å². The van der Waals surface area contributed by atoms with Crippen molar-refractivity contribution in [1.29, 1.82) is 0 Å². The summed E-state index contributed by atoms with van der Waals surface area (Å²) in [5.41, 5.74) is 0.345. The van der Waals surface area contributed by atoms with E-state index in [2.05, 4.69) is 4.74 Å². The minimum atomic E-state index is -0.529. The maximum atomic E-state index is 13.4. The highest BCUT2D eigenvalue weighted by molar-refractivity contribution is 5.30. The molecule has 1 rings (SSSR count). The molecule has 0 heterocycles. The standard InChI is InChI=1S/C11H15F2NO/c1-4-14(2)7-8-5-10(13)11(15-3)6-9(8)12/h5-6H,4,7H2,1-3H3. The van der Waals surface area contributed by atoms with Crippen molar-refractivity contribution < 1.29 is 13.5 Å². The molecule has 0 aliphatic carbocycles. The first-order valence-corrected chi connectivity index (χ1v) is 4.79. The monoisotopic (exact) mass is 215 g/mol. The highest BCUT2D eigenvalue weighted by Gasteiger charge is 2.11. The van der Waals surface area contributed by atoms with Gasteiger partial charge in [0.05, 0.1) is 7.11 Å². The van der Waals surface area contributed by atoms with E-state index in [9.17, 15) is 8.78 Å². The fourth-order valence-corrected chi connectivity index (χ4v) is 1.25. The summed E-state index contributed by atoms with van der Waals surface area (Å²) in [6.07, 6.45) is 0. The topological polar surface area (TPSA) is 12.5 Å². The maximum absolute atomic E-state index is 13.4. The second-order valence-electron chi connectivity index (χ2n) is 3.41. The zero-order chi connectivity index (χ0) is 11.4. The SMILES string of the molecule is CCN(C)Cc1cc(F)c(OC)cc1F. The van der Waals surface area contributed by atoms with E-state index in [1.54, 1.807) is 0 Å². The van der Waals surface area contributed by atoms with E-state index in [0.29, 0.717) is 12.1 Å². The van der Waals surface area contributed by atoms with Gasteiger partial charge in [-0.1, -0.05) is 6.92 Å². The van der Waals surface area contributed by atoms with Gasteiger partial charge in [-0.3, -0.25) is 0 Å².